The number of piperazine rings is 1. The predicted molar refractivity (Wildman–Crippen MR) is 71.9 cm³/mol. The standard InChI is InChI=1S/C14H19N3O/c1-9-2-5-12(6-13(9)14(15)18)17-7-10-3-4-11(8-17)16-10/h2,5-6,10-11,16H,3-4,7-8H2,1H3,(H2,15,18)/t10-,11+. The van der Waals surface area contributed by atoms with E-state index in [4.69, 9.17) is 5.73 Å². The van der Waals surface area contributed by atoms with E-state index in [-0.39, 0.29) is 5.91 Å². The fourth-order valence-electron chi connectivity index (χ4n) is 3.08. The minimum Gasteiger partial charge on any atom is -0.368 e. The minimum atomic E-state index is -0.340. The molecule has 1 aromatic carbocycles. The third-order valence-electron chi connectivity index (χ3n) is 4.07. The van der Waals surface area contributed by atoms with Crippen LogP contribution in [0.5, 0.6) is 0 Å². The fourth-order valence-corrected chi connectivity index (χ4v) is 3.08. The first-order valence-corrected chi connectivity index (χ1v) is 6.55. The SMILES string of the molecule is Cc1ccc(N2C[C@H]3CC[C@@H](C2)N3)cc1C(N)=O. The van der Waals surface area contributed by atoms with E-state index in [1.165, 1.54) is 12.8 Å². The highest BCUT2D eigenvalue weighted by Crippen LogP contribution is 2.26. The normalized spacial score (nSPS) is 26.4. The molecule has 2 fully saturated rings. The van der Waals surface area contributed by atoms with Gasteiger partial charge in [0.2, 0.25) is 5.91 Å². The van der Waals surface area contributed by atoms with Gasteiger partial charge in [0.1, 0.15) is 0 Å². The summed E-state index contributed by atoms with van der Waals surface area (Å²) in [4.78, 5) is 13.8. The van der Waals surface area contributed by atoms with Gasteiger partial charge in [-0.1, -0.05) is 6.07 Å². The molecule has 96 valence electrons. The number of benzene rings is 1. The van der Waals surface area contributed by atoms with E-state index in [9.17, 15) is 4.79 Å². The lowest BCUT2D eigenvalue weighted by atomic mass is 10.1. The number of primary amides is 1. The second-order valence-electron chi connectivity index (χ2n) is 5.41. The number of carbonyl (C=O) groups is 1. The Kier molecular flexibility index (Phi) is 2.74. The fraction of sp³-hybridized carbons (Fsp3) is 0.500. The predicted octanol–water partition coefficient (Wildman–Crippen LogP) is 1.03. The van der Waals surface area contributed by atoms with Crippen molar-refractivity contribution in [1.82, 2.24) is 5.32 Å². The molecule has 4 heteroatoms. The van der Waals surface area contributed by atoms with Gasteiger partial charge in [0.15, 0.2) is 0 Å². The Balaban J connectivity index is 1.88. The molecule has 0 unspecified atom stereocenters. The van der Waals surface area contributed by atoms with Crippen LogP contribution in [-0.4, -0.2) is 31.1 Å². The van der Waals surface area contributed by atoms with Crippen LogP contribution >= 0.6 is 0 Å². The minimum absolute atomic E-state index is 0.340. The number of nitrogens with zero attached hydrogens (tertiary/aromatic N) is 1. The zero-order valence-electron chi connectivity index (χ0n) is 10.6. The van der Waals surface area contributed by atoms with Gasteiger partial charge in [-0.3, -0.25) is 4.79 Å². The number of fused-ring (bicyclic) bond motifs is 2. The lowest BCUT2D eigenvalue weighted by molar-refractivity contribution is 0.1000. The Bertz CT molecular complexity index is 474. The first-order valence-electron chi connectivity index (χ1n) is 6.55. The molecule has 4 nitrogen and oxygen atoms in total. The largest absolute Gasteiger partial charge is 0.368 e. The first-order chi connectivity index (χ1) is 8.63. The van der Waals surface area contributed by atoms with Crippen LogP contribution in [0, 0.1) is 6.92 Å². The Morgan fingerprint density at radius 2 is 2.00 bits per heavy atom. The number of aryl methyl sites for hydroxylation is 1. The third-order valence-corrected chi connectivity index (χ3v) is 4.07. The summed E-state index contributed by atoms with van der Waals surface area (Å²) in [5.41, 5.74) is 8.11. The molecule has 2 saturated heterocycles. The quantitative estimate of drug-likeness (QED) is 0.818. The second-order valence-corrected chi connectivity index (χ2v) is 5.41. The van der Waals surface area contributed by atoms with Crippen LogP contribution in [-0.2, 0) is 0 Å². The zero-order chi connectivity index (χ0) is 12.7. The van der Waals surface area contributed by atoms with Crippen LogP contribution in [0.25, 0.3) is 0 Å². The van der Waals surface area contributed by atoms with Crippen molar-refractivity contribution < 1.29 is 4.79 Å². The summed E-state index contributed by atoms with van der Waals surface area (Å²) in [6.45, 7) is 3.97. The maximum Gasteiger partial charge on any atom is 0.249 e. The smallest absolute Gasteiger partial charge is 0.249 e. The number of carbonyl (C=O) groups excluding carboxylic acids is 1. The van der Waals surface area contributed by atoms with Crippen molar-refractivity contribution >= 4 is 11.6 Å². The molecule has 2 atom stereocenters. The van der Waals surface area contributed by atoms with Gasteiger partial charge in [-0.2, -0.15) is 0 Å². The summed E-state index contributed by atoms with van der Waals surface area (Å²) in [7, 11) is 0. The molecule has 18 heavy (non-hydrogen) atoms. The molecule has 2 aliphatic heterocycles. The van der Waals surface area contributed by atoms with Crippen LogP contribution in [0.15, 0.2) is 18.2 Å². The summed E-state index contributed by atoms with van der Waals surface area (Å²) in [6, 6.07) is 7.21. The average Bonchev–Trinajstić information content (AvgIpc) is 2.68. The molecule has 0 saturated carbocycles. The molecule has 0 aromatic heterocycles. The van der Waals surface area contributed by atoms with Gasteiger partial charge in [0, 0.05) is 36.4 Å². The van der Waals surface area contributed by atoms with Crippen molar-refractivity contribution in [2.45, 2.75) is 31.8 Å². The number of nitrogens with two attached hydrogens (primary N) is 1. The molecule has 2 bridgehead atoms. The Hall–Kier alpha value is -1.55. The summed E-state index contributed by atoms with van der Waals surface area (Å²) in [6.07, 6.45) is 2.52. The van der Waals surface area contributed by atoms with E-state index < -0.39 is 0 Å². The van der Waals surface area contributed by atoms with E-state index in [2.05, 4.69) is 16.3 Å². The monoisotopic (exact) mass is 245 g/mol. The van der Waals surface area contributed by atoms with Gasteiger partial charge < -0.3 is 16.0 Å². The maximum atomic E-state index is 11.4. The summed E-state index contributed by atoms with van der Waals surface area (Å²) >= 11 is 0. The molecule has 0 spiro atoms. The van der Waals surface area contributed by atoms with Crippen molar-refractivity contribution in [2.24, 2.45) is 5.73 Å². The van der Waals surface area contributed by atoms with Crippen molar-refractivity contribution in [3.8, 4) is 0 Å². The van der Waals surface area contributed by atoms with Gasteiger partial charge in [-0.05, 0) is 37.5 Å². The van der Waals surface area contributed by atoms with Gasteiger partial charge in [0.05, 0.1) is 0 Å². The number of rotatable bonds is 2. The van der Waals surface area contributed by atoms with Gasteiger partial charge in [-0.25, -0.2) is 0 Å². The number of amides is 1. The molecule has 1 amide bonds. The highest BCUT2D eigenvalue weighted by molar-refractivity contribution is 5.95. The highest BCUT2D eigenvalue weighted by atomic mass is 16.1. The second kappa shape index (κ2) is 4.28. The van der Waals surface area contributed by atoms with Crippen molar-refractivity contribution in [3.63, 3.8) is 0 Å². The van der Waals surface area contributed by atoms with Crippen LogP contribution in [0.4, 0.5) is 5.69 Å². The Morgan fingerprint density at radius 1 is 1.33 bits per heavy atom. The molecule has 0 radical (unpaired) electrons. The molecule has 1 aromatic rings. The van der Waals surface area contributed by atoms with Crippen LogP contribution < -0.4 is 16.0 Å². The topological polar surface area (TPSA) is 58.4 Å². The zero-order valence-corrected chi connectivity index (χ0v) is 10.6. The Morgan fingerprint density at radius 3 is 2.61 bits per heavy atom. The Labute approximate surface area is 107 Å². The first kappa shape index (κ1) is 11.5. The van der Waals surface area contributed by atoms with Crippen molar-refractivity contribution in [1.29, 1.82) is 0 Å². The number of nitrogens with one attached hydrogen (secondary N) is 1. The van der Waals surface area contributed by atoms with Gasteiger partial charge in [-0.15, -0.1) is 0 Å². The molecule has 2 heterocycles. The molecular formula is C14H19N3O. The molecule has 3 rings (SSSR count). The van der Waals surface area contributed by atoms with E-state index in [0.717, 1.165) is 24.3 Å². The average molecular weight is 245 g/mol. The summed E-state index contributed by atoms with van der Waals surface area (Å²) < 4.78 is 0. The number of anilines is 1. The van der Waals surface area contributed by atoms with E-state index in [0.29, 0.717) is 17.6 Å². The molecule has 3 N–H and O–H groups in total. The molecular weight excluding hydrogens is 226 g/mol. The highest BCUT2D eigenvalue weighted by Gasteiger charge is 2.32. The molecule has 2 aliphatic rings. The van der Waals surface area contributed by atoms with Gasteiger partial charge in [0.25, 0.3) is 0 Å². The van der Waals surface area contributed by atoms with Crippen molar-refractivity contribution in [3.05, 3.63) is 29.3 Å². The maximum absolute atomic E-state index is 11.4. The molecule has 0 aliphatic carbocycles. The van der Waals surface area contributed by atoms with E-state index in [1.807, 2.05) is 19.1 Å². The lowest BCUT2D eigenvalue weighted by Gasteiger charge is -2.34. The number of hydrogen-bond donors (Lipinski definition) is 2. The number of hydrogen-bond acceptors (Lipinski definition) is 3. The van der Waals surface area contributed by atoms with E-state index in [1.54, 1.807) is 0 Å². The van der Waals surface area contributed by atoms with Crippen LogP contribution in [0.1, 0.15) is 28.8 Å². The van der Waals surface area contributed by atoms with E-state index >= 15 is 0 Å². The van der Waals surface area contributed by atoms with Crippen LogP contribution in [0.2, 0.25) is 0 Å². The van der Waals surface area contributed by atoms with Gasteiger partial charge >= 0.3 is 0 Å². The lowest BCUT2D eigenvalue weighted by Crippen LogP contribution is -2.51. The van der Waals surface area contributed by atoms with Crippen LogP contribution in [0.3, 0.4) is 0 Å². The summed E-state index contributed by atoms with van der Waals surface area (Å²) in [5.74, 6) is -0.340. The van der Waals surface area contributed by atoms with Crippen molar-refractivity contribution in [2.75, 3.05) is 18.0 Å². The summed E-state index contributed by atoms with van der Waals surface area (Å²) in [5, 5.41) is 3.61. The third kappa shape index (κ3) is 1.97.